The Balaban J connectivity index is 1.89. The lowest BCUT2D eigenvalue weighted by atomic mass is 10.0. The van der Waals surface area contributed by atoms with Gasteiger partial charge in [-0.1, -0.05) is 6.92 Å². The fourth-order valence-electron chi connectivity index (χ4n) is 2.35. The topological polar surface area (TPSA) is 40.5 Å². The molecule has 0 amide bonds. The zero-order chi connectivity index (χ0) is 13.0. The van der Waals surface area contributed by atoms with E-state index in [1.807, 2.05) is 13.2 Å². The summed E-state index contributed by atoms with van der Waals surface area (Å²) in [7, 11) is 1.86. The quantitative estimate of drug-likeness (QED) is 0.659. The molecule has 1 aliphatic rings. The molecule has 5 heteroatoms. The van der Waals surface area contributed by atoms with Crippen molar-refractivity contribution < 1.29 is 0 Å². The van der Waals surface area contributed by atoms with Gasteiger partial charge in [0.25, 0.3) is 0 Å². The van der Waals surface area contributed by atoms with Crippen molar-refractivity contribution in [2.24, 2.45) is 10.9 Å². The first kappa shape index (κ1) is 13.3. The number of thiazole rings is 1. The SMILES string of the molecule is CN=C(NCc1ncc(C)s1)N1CCCC(C)C1. The molecule has 1 aromatic rings. The van der Waals surface area contributed by atoms with Crippen LogP contribution in [0.4, 0.5) is 0 Å². The van der Waals surface area contributed by atoms with E-state index in [1.54, 1.807) is 11.3 Å². The number of aromatic nitrogens is 1. The van der Waals surface area contributed by atoms with Crippen molar-refractivity contribution in [1.29, 1.82) is 0 Å². The monoisotopic (exact) mass is 266 g/mol. The molecule has 0 saturated carbocycles. The maximum absolute atomic E-state index is 4.38. The van der Waals surface area contributed by atoms with E-state index in [0.29, 0.717) is 0 Å². The van der Waals surface area contributed by atoms with E-state index in [4.69, 9.17) is 0 Å². The first-order chi connectivity index (χ1) is 8.69. The van der Waals surface area contributed by atoms with Crippen LogP contribution in [0, 0.1) is 12.8 Å². The molecule has 0 radical (unpaired) electrons. The van der Waals surface area contributed by atoms with Gasteiger partial charge in [-0.25, -0.2) is 4.98 Å². The van der Waals surface area contributed by atoms with E-state index in [0.717, 1.165) is 36.5 Å². The molecule has 1 saturated heterocycles. The molecule has 0 spiro atoms. The lowest BCUT2D eigenvalue weighted by molar-refractivity contribution is 0.266. The highest BCUT2D eigenvalue weighted by molar-refractivity contribution is 7.11. The third kappa shape index (κ3) is 3.45. The number of likely N-dealkylation sites (tertiary alicyclic amines) is 1. The van der Waals surface area contributed by atoms with Crippen molar-refractivity contribution in [3.8, 4) is 0 Å². The van der Waals surface area contributed by atoms with Crippen LogP contribution >= 0.6 is 11.3 Å². The predicted octanol–water partition coefficient (Wildman–Crippen LogP) is 2.26. The van der Waals surface area contributed by atoms with Gasteiger partial charge in [0.2, 0.25) is 0 Å². The summed E-state index contributed by atoms with van der Waals surface area (Å²) in [5, 5.41) is 4.54. The zero-order valence-corrected chi connectivity index (χ0v) is 12.3. The van der Waals surface area contributed by atoms with Crippen LogP contribution < -0.4 is 5.32 Å². The Labute approximate surface area is 113 Å². The predicted molar refractivity (Wildman–Crippen MR) is 77.0 cm³/mol. The highest BCUT2D eigenvalue weighted by Gasteiger charge is 2.19. The summed E-state index contributed by atoms with van der Waals surface area (Å²) < 4.78 is 0. The highest BCUT2D eigenvalue weighted by Crippen LogP contribution is 2.16. The minimum atomic E-state index is 0.763. The minimum absolute atomic E-state index is 0.763. The van der Waals surface area contributed by atoms with E-state index in [2.05, 4.69) is 34.0 Å². The van der Waals surface area contributed by atoms with Crippen LogP contribution in [0.3, 0.4) is 0 Å². The molecule has 0 bridgehead atoms. The van der Waals surface area contributed by atoms with Crippen molar-refractivity contribution in [3.05, 3.63) is 16.1 Å². The van der Waals surface area contributed by atoms with Gasteiger partial charge in [0, 0.05) is 31.2 Å². The molecule has 100 valence electrons. The lowest BCUT2D eigenvalue weighted by Crippen LogP contribution is -2.45. The largest absolute Gasteiger partial charge is 0.350 e. The van der Waals surface area contributed by atoms with E-state index in [9.17, 15) is 0 Å². The van der Waals surface area contributed by atoms with Gasteiger partial charge in [-0.15, -0.1) is 11.3 Å². The number of piperidine rings is 1. The normalized spacial score (nSPS) is 21.2. The second-order valence-corrected chi connectivity index (χ2v) is 6.28. The number of rotatable bonds is 2. The van der Waals surface area contributed by atoms with Crippen molar-refractivity contribution in [2.45, 2.75) is 33.2 Å². The number of aryl methyl sites for hydroxylation is 1. The standard InChI is InChI=1S/C13H22N4S/c1-10-5-4-6-17(9-10)13(14-3)16-8-12-15-7-11(2)18-12/h7,10H,4-6,8-9H2,1-3H3,(H,14,16). The lowest BCUT2D eigenvalue weighted by Gasteiger charge is -2.33. The van der Waals surface area contributed by atoms with Gasteiger partial charge in [-0.05, 0) is 25.7 Å². The van der Waals surface area contributed by atoms with E-state index in [1.165, 1.54) is 17.7 Å². The van der Waals surface area contributed by atoms with Crippen LogP contribution in [0.1, 0.15) is 29.7 Å². The smallest absolute Gasteiger partial charge is 0.194 e. The maximum atomic E-state index is 4.38. The molecular weight excluding hydrogens is 244 g/mol. The number of hydrogen-bond acceptors (Lipinski definition) is 3. The van der Waals surface area contributed by atoms with Crippen LogP contribution in [0.15, 0.2) is 11.2 Å². The van der Waals surface area contributed by atoms with E-state index >= 15 is 0 Å². The van der Waals surface area contributed by atoms with Crippen LogP contribution in [0.2, 0.25) is 0 Å². The summed E-state index contributed by atoms with van der Waals surface area (Å²) in [5.41, 5.74) is 0. The molecule has 0 aliphatic carbocycles. The summed E-state index contributed by atoms with van der Waals surface area (Å²) in [5.74, 6) is 1.77. The number of hydrogen-bond donors (Lipinski definition) is 1. The fourth-order valence-corrected chi connectivity index (χ4v) is 3.08. The van der Waals surface area contributed by atoms with E-state index < -0.39 is 0 Å². The maximum Gasteiger partial charge on any atom is 0.194 e. The Kier molecular flexibility index (Phi) is 4.58. The van der Waals surface area contributed by atoms with Crippen LogP contribution in [0.25, 0.3) is 0 Å². The summed E-state index contributed by atoms with van der Waals surface area (Å²) in [4.78, 5) is 12.4. The second-order valence-electron chi connectivity index (χ2n) is 4.96. The highest BCUT2D eigenvalue weighted by atomic mass is 32.1. The van der Waals surface area contributed by atoms with Gasteiger partial charge in [0.05, 0.1) is 6.54 Å². The fraction of sp³-hybridized carbons (Fsp3) is 0.692. The van der Waals surface area contributed by atoms with E-state index in [-0.39, 0.29) is 0 Å². The Morgan fingerprint density at radius 2 is 2.50 bits per heavy atom. The summed E-state index contributed by atoms with van der Waals surface area (Å²) >= 11 is 1.74. The first-order valence-electron chi connectivity index (χ1n) is 6.56. The van der Waals surface area contributed by atoms with Gasteiger partial charge in [0.15, 0.2) is 5.96 Å². The Bertz CT molecular complexity index is 413. The summed E-state index contributed by atoms with van der Waals surface area (Å²) in [6.07, 6.45) is 4.52. The molecular formula is C13H22N4S. The van der Waals surface area contributed by atoms with Gasteiger partial charge in [-0.3, -0.25) is 4.99 Å². The molecule has 0 aromatic carbocycles. The third-order valence-electron chi connectivity index (χ3n) is 3.24. The number of nitrogens with zero attached hydrogens (tertiary/aromatic N) is 3. The zero-order valence-electron chi connectivity index (χ0n) is 11.4. The van der Waals surface area contributed by atoms with Crippen molar-refractivity contribution in [2.75, 3.05) is 20.1 Å². The average molecular weight is 266 g/mol. The molecule has 1 aliphatic heterocycles. The molecule has 1 aromatic heterocycles. The van der Waals surface area contributed by atoms with Crippen molar-refractivity contribution in [3.63, 3.8) is 0 Å². The summed E-state index contributed by atoms with van der Waals surface area (Å²) in [6, 6.07) is 0. The summed E-state index contributed by atoms with van der Waals surface area (Å²) in [6.45, 7) is 7.39. The Morgan fingerprint density at radius 3 is 3.11 bits per heavy atom. The average Bonchev–Trinajstić information content (AvgIpc) is 2.76. The second kappa shape index (κ2) is 6.18. The number of aliphatic imine (C=N–C) groups is 1. The molecule has 1 N–H and O–H groups in total. The molecule has 2 heterocycles. The van der Waals surface area contributed by atoms with Crippen LogP contribution in [-0.4, -0.2) is 36.0 Å². The van der Waals surface area contributed by atoms with Gasteiger partial charge in [0.1, 0.15) is 5.01 Å². The molecule has 4 nitrogen and oxygen atoms in total. The Morgan fingerprint density at radius 1 is 1.67 bits per heavy atom. The number of nitrogens with one attached hydrogen (secondary N) is 1. The van der Waals surface area contributed by atoms with Gasteiger partial charge < -0.3 is 10.2 Å². The molecule has 2 rings (SSSR count). The van der Waals surface area contributed by atoms with Gasteiger partial charge >= 0.3 is 0 Å². The van der Waals surface area contributed by atoms with Crippen LogP contribution in [-0.2, 0) is 6.54 Å². The molecule has 1 unspecified atom stereocenters. The minimum Gasteiger partial charge on any atom is -0.350 e. The third-order valence-corrected chi connectivity index (χ3v) is 4.15. The van der Waals surface area contributed by atoms with Crippen LogP contribution in [0.5, 0.6) is 0 Å². The number of guanidine groups is 1. The van der Waals surface area contributed by atoms with Crippen molar-refractivity contribution in [1.82, 2.24) is 15.2 Å². The Hall–Kier alpha value is -1.10. The first-order valence-corrected chi connectivity index (χ1v) is 7.37. The molecule has 1 fully saturated rings. The van der Waals surface area contributed by atoms with Gasteiger partial charge in [-0.2, -0.15) is 0 Å². The molecule has 18 heavy (non-hydrogen) atoms. The molecule has 1 atom stereocenters. The van der Waals surface area contributed by atoms with Crippen molar-refractivity contribution >= 4 is 17.3 Å².